The lowest BCUT2D eigenvalue weighted by molar-refractivity contribution is 0.0841. The average Bonchev–Trinajstić information content (AvgIpc) is 3.29. The summed E-state index contributed by atoms with van der Waals surface area (Å²) in [4.78, 5) is 23.3. The summed E-state index contributed by atoms with van der Waals surface area (Å²) in [6.07, 6.45) is 6.82. The van der Waals surface area contributed by atoms with E-state index in [9.17, 15) is 9.90 Å². The van der Waals surface area contributed by atoms with Crippen LogP contribution in [-0.4, -0.2) is 57.7 Å². The third-order valence-electron chi connectivity index (χ3n) is 7.37. The molecule has 3 aromatic rings. The summed E-state index contributed by atoms with van der Waals surface area (Å²) in [5, 5.41) is 16.8. The van der Waals surface area contributed by atoms with Gasteiger partial charge in [-0.25, -0.2) is 9.97 Å². The van der Waals surface area contributed by atoms with Crippen LogP contribution in [-0.2, 0) is 19.6 Å². The predicted octanol–water partition coefficient (Wildman–Crippen LogP) is 3.38. The van der Waals surface area contributed by atoms with Gasteiger partial charge < -0.3 is 24.9 Å². The minimum Gasteiger partial charge on any atom is -0.485 e. The number of amides is 1. The van der Waals surface area contributed by atoms with Gasteiger partial charge in [-0.2, -0.15) is 0 Å². The van der Waals surface area contributed by atoms with Crippen molar-refractivity contribution < 1.29 is 19.1 Å². The quantitative estimate of drug-likeness (QED) is 0.384. The van der Waals surface area contributed by atoms with Crippen LogP contribution in [0, 0.1) is 13.8 Å². The van der Waals surface area contributed by atoms with Gasteiger partial charge in [0.15, 0.2) is 12.2 Å². The average molecular weight is 506 g/mol. The van der Waals surface area contributed by atoms with Crippen molar-refractivity contribution in [1.29, 1.82) is 0 Å². The number of aliphatic hydroxyl groups is 1. The number of β-amino-alcohol motifs (C(OH)–C–C–N with tert-alkyl or cyclic N) is 1. The number of hydrogen-bond acceptors (Lipinski definition) is 8. The molecule has 1 aliphatic carbocycles. The van der Waals surface area contributed by atoms with Gasteiger partial charge in [-0.3, -0.25) is 9.69 Å². The Morgan fingerprint density at radius 2 is 2.14 bits per heavy atom. The Bertz CT molecular complexity index is 1240. The van der Waals surface area contributed by atoms with Crippen LogP contribution in [0.15, 0.2) is 41.3 Å². The molecule has 0 saturated heterocycles. The number of ether oxygens (including phenoxy) is 1. The number of nitrogens with zero attached hydrogens (tertiary/aromatic N) is 3. The molecule has 1 saturated carbocycles. The van der Waals surface area contributed by atoms with Gasteiger partial charge in [0, 0.05) is 44.0 Å². The number of carbonyl (C=O) groups is 1. The summed E-state index contributed by atoms with van der Waals surface area (Å²) >= 11 is 0. The first kappa shape index (κ1) is 25.2. The zero-order valence-corrected chi connectivity index (χ0v) is 21.5. The molecule has 2 aromatic heterocycles. The van der Waals surface area contributed by atoms with Crippen LogP contribution in [0.5, 0.6) is 5.75 Å². The van der Waals surface area contributed by atoms with E-state index in [4.69, 9.17) is 9.15 Å². The van der Waals surface area contributed by atoms with Gasteiger partial charge in [0.05, 0.1) is 11.8 Å². The first-order chi connectivity index (χ1) is 18.0. The van der Waals surface area contributed by atoms with E-state index in [-0.39, 0.29) is 12.5 Å². The van der Waals surface area contributed by atoms with E-state index in [1.54, 1.807) is 18.3 Å². The molecular weight excluding hydrogens is 470 g/mol. The molecule has 1 aromatic carbocycles. The monoisotopic (exact) mass is 505 g/mol. The first-order valence-electron chi connectivity index (χ1n) is 13.0. The molecule has 2 aliphatic rings. The molecule has 196 valence electrons. The van der Waals surface area contributed by atoms with Gasteiger partial charge in [-0.1, -0.05) is 6.07 Å². The fourth-order valence-electron chi connectivity index (χ4n) is 4.89. The molecule has 1 atom stereocenters. The van der Waals surface area contributed by atoms with Gasteiger partial charge in [0.1, 0.15) is 18.2 Å². The van der Waals surface area contributed by atoms with Crippen LogP contribution in [0.3, 0.4) is 0 Å². The molecule has 5 rings (SSSR count). The number of hydrogen-bond donors (Lipinski definition) is 3. The number of nitrogens with one attached hydrogen (secondary N) is 2. The van der Waals surface area contributed by atoms with Crippen LogP contribution < -0.4 is 15.4 Å². The fraction of sp³-hybridized carbons (Fsp3) is 0.464. The smallest absolute Gasteiger partial charge is 0.251 e. The Kier molecular flexibility index (Phi) is 7.71. The van der Waals surface area contributed by atoms with E-state index in [0.29, 0.717) is 24.8 Å². The van der Waals surface area contributed by atoms with E-state index < -0.39 is 6.10 Å². The van der Waals surface area contributed by atoms with E-state index >= 15 is 0 Å². The minimum atomic E-state index is -0.659. The fourth-order valence-corrected chi connectivity index (χ4v) is 4.89. The van der Waals surface area contributed by atoms with E-state index in [2.05, 4.69) is 38.5 Å². The summed E-state index contributed by atoms with van der Waals surface area (Å²) in [6, 6.07) is 8.03. The molecule has 1 aliphatic heterocycles. The van der Waals surface area contributed by atoms with E-state index in [1.807, 2.05) is 13.0 Å². The van der Waals surface area contributed by atoms with Crippen molar-refractivity contribution in [3.63, 3.8) is 0 Å². The highest BCUT2D eigenvalue weighted by molar-refractivity contribution is 5.94. The maximum absolute atomic E-state index is 12.6. The molecule has 1 fully saturated rings. The molecule has 3 N–H and O–H groups in total. The highest BCUT2D eigenvalue weighted by Crippen LogP contribution is 2.30. The standard InChI is InChI=1S/C28H35N5O4/c1-18-24-9-11-33(14-21(24)6-7-25(18)36-16-26-19(2)31-17-37-26)15-23(34)13-30-28(35)20-8-10-29-27(12-20)32-22-4-3-5-22/h6-8,10,12,17,22-23,34H,3-5,9,11,13-16H2,1-2H3,(H,29,32)(H,30,35)/t23-/m0/s1. The van der Waals surface area contributed by atoms with Crippen molar-refractivity contribution in [2.24, 2.45) is 0 Å². The Hall–Kier alpha value is -3.43. The molecule has 0 bridgehead atoms. The number of aliphatic hydroxyl groups excluding tert-OH is 1. The van der Waals surface area contributed by atoms with Crippen LogP contribution >= 0.6 is 0 Å². The van der Waals surface area contributed by atoms with Crippen molar-refractivity contribution in [2.45, 2.75) is 64.8 Å². The Labute approximate surface area is 217 Å². The summed E-state index contributed by atoms with van der Waals surface area (Å²) < 4.78 is 11.4. The summed E-state index contributed by atoms with van der Waals surface area (Å²) in [7, 11) is 0. The summed E-state index contributed by atoms with van der Waals surface area (Å²) in [5.74, 6) is 2.11. The van der Waals surface area contributed by atoms with Crippen molar-refractivity contribution in [1.82, 2.24) is 20.2 Å². The molecule has 0 unspecified atom stereocenters. The van der Waals surface area contributed by atoms with Crippen molar-refractivity contribution >= 4 is 11.7 Å². The van der Waals surface area contributed by atoms with Gasteiger partial charge in [-0.05, 0) is 74.4 Å². The Morgan fingerprint density at radius 1 is 1.27 bits per heavy atom. The number of carbonyl (C=O) groups excluding carboxylic acids is 1. The lowest BCUT2D eigenvalue weighted by Crippen LogP contribution is -2.42. The lowest BCUT2D eigenvalue weighted by Gasteiger charge is -2.31. The molecule has 9 nitrogen and oxygen atoms in total. The zero-order valence-electron chi connectivity index (χ0n) is 21.5. The predicted molar refractivity (Wildman–Crippen MR) is 140 cm³/mol. The van der Waals surface area contributed by atoms with E-state index in [0.717, 1.165) is 60.9 Å². The van der Waals surface area contributed by atoms with Crippen LogP contribution in [0.25, 0.3) is 0 Å². The third kappa shape index (κ3) is 6.11. The SMILES string of the molecule is Cc1ncoc1COc1ccc2c(c1C)CCN(C[C@@H](O)CNC(=O)c1ccnc(NC3CCC3)c1)C2. The lowest BCUT2D eigenvalue weighted by atomic mass is 9.93. The van der Waals surface area contributed by atoms with Crippen molar-refractivity contribution in [3.8, 4) is 5.75 Å². The van der Waals surface area contributed by atoms with Crippen molar-refractivity contribution in [3.05, 3.63) is 70.6 Å². The first-order valence-corrected chi connectivity index (χ1v) is 13.0. The molecule has 37 heavy (non-hydrogen) atoms. The number of anilines is 1. The van der Waals surface area contributed by atoms with Crippen LogP contribution in [0.4, 0.5) is 5.82 Å². The van der Waals surface area contributed by atoms with Gasteiger partial charge in [0.2, 0.25) is 0 Å². The number of oxazole rings is 1. The molecule has 9 heteroatoms. The topological polar surface area (TPSA) is 113 Å². The second-order valence-corrected chi connectivity index (χ2v) is 10.0. The number of benzene rings is 1. The highest BCUT2D eigenvalue weighted by atomic mass is 16.5. The van der Waals surface area contributed by atoms with Gasteiger partial charge >= 0.3 is 0 Å². The van der Waals surface area contributed by atoms with Crippen LogP contribution in [0.1, 0.15) is 57.8 Å². The summed E-state index contributed by atoms with van der Waals surface area (Å²) in [6.45, 7) is 6.63. The maximum atomic E-state index is 12.6. The molecule has 1 amide bonds. The molecule has 0 spiro atoms. The molecule has 3 heterocycles. The number of aryl methyl sites for hydroxylation is 1. The van der Waals surface area contributed by atoms with Gasteiger partial charge in [0.25, 0.3) is 5.91 Å². The second-order valence-electron chi connectivity index (χ2n) is 10.0. The minimum absolute atomic E-state index is 0.197. The molecular formula is C28H35N5O4. The number of aromatic nitrogens is 2. The second kappa shape index (κ2) is 11.3. The Balaban J connectivity index is 1.10. The third-order valence-corrected chi connectivity index (χ3v) is 7.37. The zero-order chi connectivity index (χ0) is 25.8. The number of rotatable bonds is 10. The van der Waals surface area contributed by atoms with Crippen molar-refractivity contribution in [2.75, 3.05) is 25.0 Å². The highest BCUT2D eigenvalue weighted by Gasteiger charge is 2.22. The molecule has 0 radical (unpaired) electrons. The van der Waals surface area contributed by atoms with E-state index in [1.165, 1.54) is 23.9 Å². The maximum Gasteiger partial charge on any atom is 0.251 e. The van der Waals surface area contributed by atoms with Crippen LogP contribution in [0.2, 0.25) is 0 Å². The number of fused-ring (bicyclic) bond motifs is 1. The largest absolute Gasteiger partial charge is 0.485 e. The summed E-state index contributed by atoms with van der Waals surface area (Å²) in [5.41, 5.74) is 5.07. The van der Waals surface area contributed by atoms with Gasteiger partial charge in [-0.15, -0.1) is 0 Å². The Morgan fingerprint density at radius 3 is 2.89 bits per heavy atom. The number of pyridine rings is 1. The normalized spacial score (nSPS) is 16.5.